The number of hydrogen-bond acceptors (Lipinski definition) is 8. The Kier molecular flexibility index (Phi) is 9.24. The lowest BCUT2D eigenvalue weighted by Crippen LogP contribution is -2.36. The summed E-state index contributed by atoms with van der Waals surface area (Å²) in [6.07, 6.45) is 2.73. The number of hydrogen-bond donors (Lipinski definition) is 3. The summed E-state index contributed by atoms with van der Waals surface area (Å²) in [4.78, 5) is 12.3. The van der Waals surface area contributed by atoms with Crippen LogP contribution in [0, 0.1) is 0 Å². The summed E-state index contributed by atoms with van der Waals surface area (Å²) in [5, 5.41) is 10.8. The Morgan fingerprint density at radius 3 is 2.31 bits per heavy atom. The van der Waals surface area contributed by atoms with Gasteiger partial charge in [-0.2, -0.15) is 0 Å². The lowest BCUT2D eigenvalue weighted by atomic mass is 9.91. The summed E-state index contributed by atoms with van der Waals surface area (Å²) >= 11 is 0. The Morgan fingerprint density at radius 2 is 1.62 bits per heavy atom. The van der Waals surface area contributed by atoms with Crippen LogP contribution < -0.4 is 20.9 Å². The SMILES string of the molecule is COCC1CCC(N2CNc3c(NCC(c4ccccc4)c4ccccc4)nc(CCNCc4ccccc4)nc32)O1. The van der Waals surface area contributed by atoms with Crippen molar-refractivity contribution in [1.82, 2.24) is 15.3 Å². The van der Waals surface area contributed by atoms with E-state index in [9.17, 15) is 0 Å². The van der Waals surface area contributed by atoms with E-state index < -0.39 is 0 Å². The zero-order valence-corrected chi connectivity index (χ0v) is 24.2. The fraction of sp³-hybridized carbons (Fsp3) is 0.353. The first-order valence-corrected chi connectivity index (χ1v) is 14.9. The molecule has 0 radical (unpaired) electrons. The number of ether oxygens (including phenoxy) is 2. The van der Waals surface area contributed by atoms with E-state index in [1.807, 2.05) is 6.07 Å². The van der Waals surface area contributed by atoms with E-state index in [1.54, 1.807) is 7.11 Å². The van der Waals surface area contributed by atoms with Crippen LogP contribution in [0.25, 0.3) is 0 Å². The molecule has 0 aliphatic carbocycles. The van der Waals surface area contributed by atoms with Crippen molar-refractivity contribution in [1.29, 1.82) is 0 Å². The van der Waals surface area contributed by atoms with Gasteiger partial charge in [-0.3, -0.25) is 0 Å². The molecule has 3 aromatic carbocycles. The monoisotopic (exact) mass is 564 g/mol. The van der Waals surface area contributed by atoms with Crippen LogP contribution in [-0.4, -0.2) is 55.8 Å². The summed E-state index contributed by atoms with van der Waals surface area (Å²) in [6, 6.07) is 31.8. The highest BCUT2D eigenvalue weighted by Crippen LogP contribution is 2.39. The molecule has 0 bridgehead atoms. The number of rotatable bonds is 13. The smallest absolute Gasteiger partial charge is 0.161 e. The van der Waals surface area contributed by atoms with Gasteiger partial charge in [0.05, 0.1) is 19.4 Å². The number of nitrogens with zero attached hydrogens (tertiary/aromatic N) is 3. The first-order chi connectivity index (χ1) is 20.8. The zero-order valence-electron chi connectivity index (χ0n) is 24.2. The zero-order chi connectivity index (χ0) is 28.6. The minimum Gasteiger partial charge on any atom is -0.382 e. The molecular weight excluding hydrogens is 524 g/mol. The number of fused-ring (bicyclic) bond motifs is 1. The van der Waals surface area contributed by atoms with Gasteiger partial charge in [0.25, 0.3) is 0 Å². The maximum atomic E-state index is 6.35. The first kappa shape index (κ1) is 28.2. The Bertz CT molecular complexity index is 1370. The summed E-state index contributed by atoms with van der Waals surface area (Å²) in [6.45, 7) is 3.56. The topological polar surface area (TPSA) is 83.6 Å². The molecule has 2 aliphatic rings. The van der Waals surface area contributed by atoms with Crippen LogP contribution in [0.1, 0.15) is 41.3 Å². The molecule has 8 heteroatoms. The van der Waals surface area contributed by atoms with Crippen molar-refractivity contribution < 1.29 is 9.47 Å². The third-order valence-corrected chi connectivity index (χ3v) is 7.99. The maximum Gasteiger partial charge on any atom is 0.161 e. The van der Waals surface area contributed by atoms with Gasteiger partial charge < -0.3 is 30.3 Å². The second-order valence-electron chi connectivity index (χ2n) is 10.9. The molecule has 218 valence electrons. The van der Waals surface area contributed by atoms with E-state index in [1.165, 1.54) is 16.7 Å². The molecule has 4 aromatic rings. The Hall–Kier alpha value is -3.98. The Balaban J connectivity index is 1.23. The van der Waals surface area contributed by atoms with E-state index in [-0.39, 0.29) is 18.2 Å². The fourth-order valence-electron chi connectivity index (χ4n) is 5.83. The highest BCUT2D eigenvalue weighted by Gasteiger charge is 2.36. The molecule has 0 amide bonds. The van der Waals surface area contributed by atoms with Gasteiger partial charge in [-0.15, -0.1) is 0 Å². The van der Waals surface area contributed by atoms with Gasteiger partial charge in [0.1, 0.15) is 17.7 Å². The molecule has 1 aromatic heterocycles. The van der Waals surface area contributed by atoms with Crippen molar-refractivity contribution in [2.24, 2.45) is 0 Å². The summed E-state index contributed by atoms with van der Waals surface area (Å²) < 4.78 is 11.7. The average Bonchev–Trinajstić information content (AvgIpc) is 3.68. The number of nitrogens with one attached hydrogen (secondary N) is 3. The van der Waals surface area contributed by atoms with Crippen molar-refractivity contribution in [3.63, 3.8) is 0 Å². The van der Waals surface area contributed by atoms with Gasteiger partial charge >= 0.3 is 0 Å². The van der Waals surface area contributed by atoms with Gasteiger partial charge in [0, 0.05) is 39.1 Å². The van der Waals surface area contributed by atoms with Crippen LogP contribution in [0.15, 0.2) is 91.0 Å². The molecule has 2 atom stereocenters. The van der Waals surface area contributed by atoms with Crippen LogP contribution in [0.2, 0.25) is 0 Å². The predicted molar refractivity (Wildman–Crippen MR) is 168 cm³/mol. The van der Waals surface area contributed by atoms with Crippen LogP contribution in [0.5, 0.6) is 0 Å². The third kappa shape index (κ3) is 6.73. The molecule has 2 unspecified atom stereocenters. The predicted octanol–water partition coefficient (Wildman–Crippen LogP) is 5.39. The summed E-state index contributed by atoms with van der Waals surface area (Å²) in [5.74, 6) is 2.74. The first-order valence-electron chi connectivity index (χ1n) is 14.9. The normalized spacial score (nSPS) is 17.8. The Morgan fingerprint density at radius 1 is 0.929 bits per heavy atom. The van der Waals surface area contributed by atoms with Crippen molar-refractivity contribution >= 4 is 17.3 Å². The van der Waals surface area contributed by atoms with Gasteiger partial charge in [0.2, 0.25) is 0 Å². The van der Waals surface area contributed by atoms with E-state index in [2.05, 4.69) is 106 Å². The molecule has 42 heavy (non-hydrogen) atoms. The van der Waals surface area contributed by atoms with Gasteiger partial charge in [0.15, 0.2) is 11.6 Å². The minimum absolute atomic E-state index is 0.0351. The molecule has 0 spiro atoms. The quantitative estimate of drug-likeness (QED) is 0.186. The van der Waals surface area contributed by atoms with E-state index in [0.29, 0.717) is 19.8 Å². The average molecular weight is 565 g/mol. The second kappa shape index (κ2) is 13.8. The van der Waals surface area contributed by atoms with Crippen LogP contribution >= 0.6 is 0 Å². The largest absolute Gasteiger partial charge is 0.382 e. The molecule has 3 N–H and O–H groups in total. The molecular formula is C34H40N6O2. The standard InChI is InChI=1S/C34H40N6O2/c1-41-23-28-17-18-31(42-28)40-24-37-32-33(36-22-29(26-13-7-3-8-14-26)27-15-9-4-10-16-27)38-30(39-34(32)40)19-20-35-21-25-11-5-2-6-12-25/h2-16,28-29,31,35,37H,17-24H2,1H3,(H,36,38,39). The minimum atomic E-state index is -0.0351. The number of methoxy groups -OCH3 is 1. The number of anilines is 3. The highest BCUT2D eigenvalue weighted by atomic mass is 16.5. The van der Waals surface area contributed by atoms with E-state index in [4.69, 9.17) is 19.4 Å². The van der Waals surface area contributed by atoms with Crippen LogP contribution in [-0.2, 0) is 22.4 Å². The third-order valence-electron chi connectivity index (χ3n) is 7.99. The molecule has 1 saturated heterocycles. The van der Waals surface area contributed by atoms with Crippen molar-refractivity contribution in [2.45, 2.75) is 44.1 Å². The number of aromatic nitrogens is 2. The van der Waals surface area contributed by atoms with Crippen LogP contribution in [0.3, 0.4) is 0 Å². The van der Waals surface area contributed by atoms with Gasteiger partial charge in [-0.05, 0) is 29.5 Å². The van der Waals surface area contributed by atoms with E-state index >= 15 is 0 Å². The molecule has 1 fully saturated rings. The van der Waals surface area contributed by atoms with Crippen molar-refractivity contribution in [2.75, 3.05) is 49.0 Å². The molecule has 8 nitrogen and oxygen atoms in total. The molecule has 6 rings (SSSR count). The summed E-state index contributed by atoms with van der Waals surface area (Å²) in [7, 11) is 1.73. The highest BCUT2D eigenvalue weighted by molar-refractivity contribution is 5.81. The Labute approximate surface area is 248 Å². The molecule has 0 saturated carbocycles. The molecule has 2 aliphatic heterocycles. The molecule has 3 heterocycles. The van der Waals surface area contributed by atoms with Gasteiger partial charge in [-0.1, -0.05) is 91.0 Å². The second-order valence-corrected chi connectivity index (χ2v) is 10.9. The summed E-state index contributed by atoms with van der Waals surface area (Å²) in [5.41, 5.74) is 4.74. The lowest BCUT2D eigenvalue weighted by molar-refractivity contribution is -0.00157. The van der Waals surface area contributed by atoms with E-state index in [0.717, 1.165) is 55.5 Å². The maximum absolute atomic E-state index is 6.35. The lowest BCUT2D eigenvalue weighted by Gasteiger charge is -2.25. The van der Waals surface area contributed by atoms with Crippen molar-refractivity contribution in [3.05, 3.63) is 114 Å². The van der Waals surface area contributed by atoms with Crippen LogP contribution in [0.4, 0.5) is 17.3 Å². The van der Waals surface area contributed by atoms with Gasteiger partial charge in [-0.25, -0.2) is 9.97 Å². The number of benzene rings is 3. The van der Waals surface area contributed by atoms with Crippen molar-refractivity contribution in [3.8, 4) is 0 Å². The fourth-order valence-corrected chi connectivity index (χ4v) is 5.83.